The Kier molecular flexibility index (Phi) is 4.19. The molecular formula is C18H18N2O3. The van der Waals surface area contributed by atoms with Crippen molar-refractivity contribution in [2.75, 3.05) is 26.6 Å². The Balaban J connectivity index is 2.02. The van der Waals surface area contributed by atoms with Crippen molar-refractivity contribution in [1.82, 2.24) is 4.98 Å². The van der Waals surface area contributed by atoms with E-state index in [0.717, 1.165) is 28.0 Å². The van der Waals surface area contributed by atoms with Crippen LogP contribution in [-0.2, 0) is 0 Å². The molecule has 0 spiro atoms. The van der Waals surface area contributed by atoms with Crippen molar-refractivity contribution in [1.29, 1.82) is 0 Å². The topological polar surface area (TPSA) is 52.6 Å². The molecule has 23 heavy (non-hydrogen) atoms. The van der Waals surface area contributed by atoms with Crippen LogP contribution in [0.3, 0.4) is 0 Å². The molecule has 3 aromatic rings. The first-order chi connectivity index (χ1) is 11.2. The number of anilines is 2. The number of rotatable bonds is 5. The lowest BCUT2D eigenvalue weighted by molar-refractivity contribution is 0.356. The van der Waals surface area contributed by atoms with Crippen molar-refractivity contribution < 1.29 is 14.2 Å². The first-order valence-corrected chi connectivity index (χ1v) is 7.17. The van der Waals surface area contributed by atoms with Crippen molar-refractivity contribution >= 4 is 22.3 Å². The van der Waals surface area contributed by atoms with E-state index >= 15 is 0 Å². The number of fused-ring (bicyclic) bond motifs is 1. The summed E-state index contributed by atoms with van der Waals surface area (Å²) >= 11 is 0. The molecule has 1 N–H and O–H groups in total. The second-order valence-corrected chi connectivity index (χ2v) is 4.94. The van der Waals surface area contributed by atoms with Crippen molar-refractivity contribution in [3.63, 3.8) is 0 Å². The SMILES string of the molecule is COc1ccc(Nc2nccc3cc(OC)c(OC)cc23)cc1. The predicted molar refractivity (Wildman–Crippen MR) is 91.1 cm³/mol. The van der Waals surface area contributed by atoms with Gasteiger partial charge in [0.15, 0.2) is 11.5 Å². The van der Waals surface area contributed by atoms with Crippen LogP contribution in [0, 0.1) is 0 Å². The highest BCUT2D eigenvalue weighted by molar-refractivity contribution is 5.95. The number of benzene rings is 2. The number of methoxy groups -OCH3 is 3. The Bertz CT molecular complexity index is 816. The fourth-order valence-electron chi connectivity index (χ4n) is 2.41. The van der Waals surface area contributed by atoms with Crippen LogP contribution in [-0.4, -0.2) is 26.3 Å². The zero-order valence-corrected chi connectivity index (χ0v) is 13.3. The smallest absolute Gasteiger partial charge is 0.161 e. The Labute approximate surface area is 134 Å². The Morgan fingerprint density at radius 2 is 1.52 bits per heavy atom. The summed E-state index contributed by atoms with van der Waals surface area (Å²) in [6.07, 6.45) is 1.76. The van der Waals surface area contributed by atoms with Crippen LogP contribution >= 0.6 is 0 Å². The van der Waals surface area contributed by atoms with Crippen LogP contribution < -0.4 is 19.5 Å². The normalized spacial score (nSPS) is 10.4. The number of hydrogen-bond donors (Lipinski definition) is 1. The van der Waals surface area contributed by atoms with E-state index in [4.69, 9.17) is 14.2 Å². The summed E-state index contributed by atoms with van der Waals surface area (Å²) in [5.41, 5.74) is 0.931. The predicted octanol–water partition coefficient (Wildman–Crippen LogP) is 4.00. The van der Waals surface area contributed by atoms with Gasteiger partial charge in [0, 0.05) is 17.3 Å². The first kappa shape index (κ1) is 15.0. The Hall–Kier alpha value is -2.95. The van der Waals surface area contributed by atoms with Gasteiger partial charge >= 0.3 is 0 Å². The molecule has 0 bridgehead atoms. The van der Waals surface area contributed by atoms with Crippen LogP contribution in [0.4, 0.5) is 11.5 Å². The molecule has 0 atom stereocenters. The van der Waals surface area contributed by atoms with Gasteiger partial charge in [0.2, 0.25) is 0 Å². The molecule has 118 valence electrons. The second kappa shape index (κ2) is 6.44. The van der Waals surface area contributed by atoms with Crippen LogP contribution in [0.25, 0.3) is 10.8 Å². The van der Waals surface area contributed by atoms with Crippen molar-refractivity contribution in [3.05, 3.63) is 48.7 Å². The van der Waals surface area contributed by atoms with E-state index < -0.39 is 0 Å². The van der Waals surface area contributed by atoms with Gasteiger partial charge in [0.1, 0.15) is 11.6 Å². The van der Waals surface area contributed by atoms with Gasteiger partial charge in [-0.25, -0.2) is 4.98 Å². The minimum Gasteiger partial charge on any atom is -0.497 e. The molecule has 0 amide bonds. The average Bonchev–Trinajstić information content (AvgIpc) is 2.61. The fraction of sp³-hybridized carbons (Fsp3) is 0.167. The van der Waals surface area contributed by atoms with E-state index in [2.05, 4.69) is 10.3 Å². The molecule has 5 nitrogen and oxygen atoms in total. The molecule has 3 rings (SSSR count). The molecule has 0 fully saturated rings. The molecule has 0 saturated carbocycles. The van der Waals surface area contributed by atoms with Gasteiger partial charge in [-0.05, 0) is 47.9 Å². The van der Waals surface area contributed by atoms with E-state index in [1.165, 1.54) is 0 Å². The standard InChI is InChI=1S/C18H18N2O3/c1-21-14-6-4-13(5-7-14)20-18-15-11-17(23-3)16(22-2)10-12(15)8-9-19-18/h4-11H,1-3H3,(H,19,20). The molecule has 0 radical (unpaired) electrons. The number of aromatic nitrogens is 1. The lowest BCUT2D eigenvalue weighted by Gasteiger charge is -2.13. The number of hydrogen-bond acceptors (Lipinski definition) is 5. The number of ether oxygens (including phenoxy) is 3. The molecule has 1 heterocycles. The average molecular weight is 310 g/mol. The van der Waals surface area contributed by atoms with E-state index in [1.807, 2.05) is 42.5 Å². The number of pyridine rings is 1. The third-order valence-corrected chi connectivity index (χ3v) is 3.62. The summed E-state index contributed by atoms with van der Waals surface area (Å²) in [6.45, 7) is 0. The molecule has 0 aliphatic heterocycles. The van der Waals surface area contributed by atoms with Crippen LogP contribution in [0.15, 0.2) is 48.7 Å². The van der Waals surface area contributed by atoms with Crippen molar-refractivity contribution in [2.45, 2.75) is 0 Å². The fourth-order valence-corrected chi connectivity index (χ4v) is 2.41. The van der Waals surface area contributed by atoms with Gasteiger partial charge in [-0.3, -0.25) is 0 Å². The van der Waals surface area contributed by atoms with Gasteiger partial charge in [-0.15, -0.1) is 0 Å². The van der Waals surface area contributed by atoms with Gasteiger partial charge < -0.3 is 19.5 Å². The molecule has 2 aromatic carbocycles. The van der Waals surface area contributed by atoms with Gasteiger partial charge in [-0.1, -0.05) is 0 Å². The molecule has 0 aliphatic rings. The van der Waals surface area contributed by atoms with Crippen molar-refractivity contribution in [2.24, 2.45) is 0 Å². The lowest BCUT2D eigenvalue weighted by atomic mass is 10.1. The monoisotopic (exact) mass is 310 g/mol. The van der Waals surface area contributed by atoms with E-state index in [9.17, 15) is 0 Å². The minimum atomic E-state index is 0.672. The summed E-state index contributed by atoms with van der Waals surface area (Å²) in [7, 11) is 4.90. The van der Waals surface area contributed by atoms with Gasteiger partial charge in [-0.2, -0.15) is 0 Å². The maximum Gasteiger partial charge on any atom is 0.161 e. The van der Waals surface area contributed by atoms with E-state index in [-0.39, 0.29) is 0 Å². The highest BCUT2D eigenvalue weighted by Crippen LogP contribution is 2.35. The highest BCUT2D eigenvalue weighted by Gasteiger charge is 2.10. The zero-order valence-electron chi connectivity index (χ0n) is 13.3. The first-order valence-electron chi connectivity index (χ1n) is 7.17. The molecular weight excluding hydrogens is 292 g/mol. The summed E-state index contributed by atoms with van der Waals surface area (Å²) < 4.78 is 15.9. The van der Waals surface area contributed by atoms with Gasteiger partial charge in [0.25, 0.3) is 0 Å². The number of nitrogens with zero attached hydrogens (tertiary/aromatic N) is 1. The van der Waals surface area contributed by atoms with E-state index in [1.54, 1.807) is 27.5 Å². The second-order valence-electron chi connectivity index (χ2n) is 4.94. The Morgan fingerprint density at radius 3 is 2.17 bits per heavy atom. The van der Waals surface area contributed by atoms with Crippen molar-refractivity contribution in [3.8, 4) is 17.2 Å². The minimum absolute atomic E-state index is 0.672. The van der Waals surface area contributed by atoms with Crippen LogP contribution in [0.2, 0.25) is 0 Å². The molecule has 1 aromatic heterocycles. The summed E-state index contributed by atoms with van der Waals surface area (Å²) in [5.74, 6) is 2.94. The number of nitrogens with one attached hydrogen (secondary N) is 1. The third-order valence-electron chi connectivity index (χ3n) is 3.62. The molecule has 0 aliphatic carbocycles. The molecule has 0 unspecified atom stereocenters. The maximum absolute atomic E-state index is 5.38. The third kappa shape index (κ3) is 2.99. The lowest BCUT2D eigenvalue weighted by Crippen LogP contribution is -1.96. The van der Waals surface area contributed by atoms with Gasteiger partial charge in [0.05, 0.1) is 21.3 Å². The highest BCUT2D eigenvalue weighted by atomic mass is 16.5. The quantitative estimate of drug-likeness (QED) is 0.772. The van der Waals surface area contributed by atoms with Crippen LogP contribution in [0.5, 0.6) is 17.2 Å². The maximum atomic E-state index is 5.38. The summed E-state index contributed by atoms with van der Waals surface area (Å²) in [5, 5.41) is 5.31. The molecule has 0 saturated heterocycles. The largest absolute Gasteiger partial charge is 0.497 e. The van der Waals surface area contributed by atoms with Crippen LogP contribution in [0.1, 0.15) is 0 Å². The Morgan fingerprint density at radius 1 is 0.826 bits per heavy atom. The summed E-state index contributed by atoms with van der Waals surface area (Å²) in [6, 6.07) is 13.5. The zero-order chi connectivity index (χ0) is 16.2. The van der Waals surface area contributed by atoms with E-state index in [0.29, 0.717) is 11.5 Å². The summed E-state index contributed by atoms with van der Waals surface area (Å²) in [4.78, 5) is 4.44. The molecule has 5 heteroatoms.